The maximum atomic E-state index is 12.9. The molecule has 3 rings (SSSR count). The summed E-state index contributed by atoms with van der Waals surface area (Å²) in [5.41, 5.74) is 5.97. The summed E-state index contributed by atoms with van der Waals surface area (Å²) in [6.07, 6.45) is 8.09. The first-order chi connectivity index (χ1) is 10.1. The Labute approximate surface area is 124 Å². The molecular formula is C15H22N4O2. The van der Waals surface area contributed by atoms with E-state index < -0.39 is 5.41 Å². The molecule has 0 aromatic carbocycles. The highest BCUT2D eigenvalue weighted by Crippen LogP contribution is 2.45. The molecule has 1 saturated heterocycles. The van der Waals surface area contributed by atoms with E-state index in [1.807, 2.05) is 0 Å². The highest BCUT2D eigenvalue weighted by Gasteiger charge is 2.52. The fraction of sp³-hybridized carbons (Fsp3) is 0.667. The van der Waals surface area contributed by atoms with Crippen molar-refractivity contribution in [2.45, 2.75) is 51.5 Å². The van der Waals surface area contributed by atoms with Crippen LogP contribution in [-0.4, -0.2) is 21.6 Å². The van der Waals surface area contributed by atoms with Crippen molar-refractivity contribution in [2.24, 2.45) is 18.2 Å². The van der Waals surface area contributed by atoms with Gasteiger partial charge in [0, 0.05) is 31.8 Å². The molecule has 0 bridgehead atoms. The molecule has 6 heteroatoms. The Hall–Kier alpha value is -1.69. The minimum absolute atomic E-state index is 0.0669. The molecule has 0 atom stereocenters. The van der Waals surface area contributed by atoms with Crippen molar-refractivity contribution in [1.82, 2.24) is 9.78 Å². The molecule has 2 N–H and O–H groups in total. The number of hydrogen-bond donors (Lipinski definition) is 1. The SMILES string of the molecule is Cn1cc(CN)c(N2C(=O)CC3(CCCCCC3)C2=O)n1. The predicted molar refractivity (Wildman–Crippen MR) is 78.3 cm³/mol. The third-order valence-electron chi connectivity index (χ3n) is 4.77. The summed E-state index contributed by atoms with van der Waals surface area (Å²) in [6, 6.07) is 0. The predicted octanol–water partition coefficient (Wildman–Crippen LogP) is 1.48. The lowest BCUT2D eigenvalue weighted by Crippen LogP contribution is -2.36. The molecular weight excluding hydrogens is 268 g/mol. The summed E-state index contributed by atoms with van der Waals surface area (Å²) >= 11 is 0. The summed E-state index contributed by atoms with van der Waals surface area (Å²) < 4.78 is 1.61. The molecule has 1 aliphatic heterocycles. The zero-order valence-corrected chi connectivity index (χ0v) is 12.5. The summed E-state index contributed by atoms with van der Waals surface area (Å²) in [4.78, 5) is 26.7. The molecule has 1 saturated carbocycles. The number of aryl methyl sites for hydroxylation is 1. The van der Waals surface area contributed by atoms with Gasteiger partial charge in [-0.05, 0) is 12.8 Å². The van der Waals surface area contributed by atoms with Gasteiger partial charge < -0.3 is 5.73 Å². The van der Waals surface area contributed by atoms with E-state index in [0.29, 0.717) is 12.2 Å². The van der Waals surface area contributed by atoms with E-state index in [9.17, 15) is 9.59 Å². The van der Waals surface area contributed by atoms with Gasteiger partial charge in [-0.15, -0.1) is 0 Å². The summed E-state index contributed by atoms with van der Waals surface area (Å²) in [5.74, 6) is 0.231. The monoisotopic (exact) mass is 290 g/mol. The number of nitrogens with two attached hydrogens (primary N) is 1. The first-order valence-electron chi connectivity index (χ1n) is 7.67. The van der Waals surface area contributed by atoms with Crippen LogP contribution in [0.1, 0.15) is 50.5 Å². The highest BCUT2D eigenvalue weighted by molar-refractivity contribution is 6.22. The van der Waals surface area contributed by atoms with Crippen molar-refractivity contribution in [3.63, 3.8) is 0 Å². The van der Waals surface area contributed by atoms with Crippen molar-refractivity contribution in [2.75, 3.05) is 4.90 Å². The van der Waals surface area contributed by atoms with Gasteiger partial charge in [-0.2, -0.15) is 5.10 Å². The fourth-order valence-electron chi connectivity index (χ4n) is 3.66. The minimum atomic E-state index is -0.489. The lowest BCUT2D eigenvalue weighted by molar-refractivity contribution is -0.126. The van der Waals surface area contributed by atoms with Crippen molar-refractivity contribution in [1.29, 1.82) is 0 Å². The standard InChI is InChI=1S/C15H22N4O2/c1-18-10-11(9-16)13(17-18)19-12(20)8-15(14(19)21)6-4-2-3-5-7-15/h10H,2-9,16H2,1H3. The van der Waals surface area contributed by atoms with E-state index in [4.69, 9.17) is 5.73 Å². The van der Waals surface area contributed by atoms with Gasteiger partial charge in [0.05, 0.1) is 5.41 Å². The number of amides is 2. The number of aromatic nitrogens is 2. The number of imide groups is 1. The number of carbonyl (C=O) groups excluding carboxylic acids is 2. The number of nitrogens with zero attached hydrogens (tertiary/aromatic N) is 3. The van der Waals surface area contributed by atoms with Crippen LogP contribution in [0.5, 0.6) is 0 Å². The van der Waals surface area contributed by atoms with Crippen LogP contribution in [-0.2, 0) is 23.2 Å². The van der Waals surface area contributed by atoms with Gasteiger partial charge in [-0.3, -0.25) is 14.3 Å². The zero-order chi connectivity index (χ0) is 15.0. The smallest absolute Gasteiger partial charge is 0.241 e. The van der Waals surface area contributed by atoms with Gasteiger partial charge in [0.15, 0.2) is 5.82 Å². The third-order valence-corrected chi connectivity index (χ3v) is 4.77. The van der Waals surface area contributed by atoms with Gasteiger partial charge in [0.2, 0.25) is 11.8 Å². The Balaban J connectivity index is 1.96. The van der Waals surface area contributed by atoms with E-state index in [1.165, 1.54) is 4.90 Å². The maximum Gasteiger partial charge on any atom is 0.241 e. The second-order valence-electron chi connectivity index (χ2n) is 6.26. The quantitative estimate of drug-likeness (QED) is 0.837. The van der Waals surface area contributed by atoms with Crippen LogP contribution >= 0.6 is 0 Å². The van der Waals surface area contributed by atoms with Gasteiger partial charge in [0.1, 0.15) is 0 Å². The largest absolute Gasteiger partial charge is 0.326 e. The molecule has 6 nitrogen and oxygen atoms in total. The average Bonchev–Trinajstić information content (AvgIpc) is 2.80. The molecule has 1 aliphatic carbocycles. The molecule has 0 radical (unpaired) electrons. The van der Waals surface area contributed by atoms with Crippen LogP contribution in [0.15, 0.2) is 6.20 Å². The first-order valence-corrected chi connectivity index (χ1v) is 7.67. The number of rotatable bonds is 2. The molecule has 0 unspecified atom stereocenters. The molecule has 2 heterocycles. The Morgan fingerprint density at radius 3 is 2.52 bits per heavy atom. The molecule has 1 spiro atoms. The van der Waals surface area contributed by atoms with E-state index >= 15 is 0 Å². The van der Waals surface area contributed by atoms with Gasteiger partial charge >= 0.3 is 0 Å². The lowest BCUT2D eigenvalue weighted by atomic mass is 9.79. The van der Waals surface area contributed by atoms with Gasteiger partial charge in [-0.1, -0.05) is 25.7 Å². The topological polar surface area (TPSA) is 81.2 Å². The molecule has 1 aromatic rings. The van der Waals surface area contributed by atoms with Crippen molar-refractivity contribution < 1.29 is 9.59 Å². The Morgan fingerprint density at radius 2 is 1.90 bits per heavy atom. The molecule has 114 valence electrons. The van der Waals surface area contributed by atoms with Gasteiger partial charge in [-0.25, -0.2) is 4.90 Å². The Morgan fingerprint density at radius 1 is 1.24 bits per heavy atom. The van der Waals surface area contributed by atoms with E-state index in [-0.39, 0.29) is 18.4 Å². The van der Waals surface area contributed by atoms with Crippen LogP contribution in [0.25, 0.3) is 0 Å². The zero-order valence-electron chi connectivity index (χ0n) is 12.5. The Bertz CT molecular complexity index is 570. The van der Waals surface area contributed by atoms with E-state index in [0.717, 1.165) is 44.1 Å². The molecule has 1 aromatic heterocycles. The van der Waals surface area contributed by atoms with Crippen LogP contribution in [0, 0.1) is 5.41 Å². The fourth-order valence-corrected chi connectivity index (χ4v) is 3.66. The third kappa shape index (κ3) is 2.27. The Kier molecular flexibility index (Phi) is 3.57. The van der Waals surface area contributed by atoms with Crippen molar-refractivity contribution in [3.05, 3.63) is 11.8 Å². The maximum absolute atomic E-state index is 12.9. The minimum Gasteiger partial charge on any atom is -0.326 e. The number of carbonyl (C=O) groups is 2. The first kappa shape index (κ1) is 14.3. The normalized spacial score (nSPS) is 22.1. The lowest BCUT2D eigenvalue weighted by Gasteiger charge is -2.24. The van der Waals surface area contributed by atoms with Crippen LogP contribution < -0.4 is 10.6 Å². The van der Waals surface area contributed by atoms with E-state index in [2.05, 4.69) is 5.10 Å². The number of hydrogen-bond acceptors (Lipinski definition) is 4. The van der Waals surface area contributed by atoms with Crippen LogP contribution in [0.2, 0.25) is 0 Å². The molecule has 2 amide bonds. The second kappa shape index (κ2) is 5.26. The molecule has 2 aliphatic rings. The number of anilines is 1. The summed E-state index contributed by atoms with van der Waals surface area (Å²) in [7, 11) is 1.77. The van der Waals surface area contributed by atoms with Crippen LogP contribution in [0.4, 0.5) is 5.82 Å². The summed E-state index contributed by atoms with van der Waals surface area (Å²) in [6.45, 7) is 0.271. The molecule has 2 fully saturated rings. The summed E-state index contributed by atoms with van der Waals surface area (Å²) in [5, 5.41) is 4.29. The van der Waals surface area contributed by atoms with Crippen LogP contribution in [0.3, 0.4) is 0 Å². The highest BCUT2D eigenvalue weighted by atomic mass is 16.2. The van der Waals surface area contributed by atoms with Gasteiger partial charge in [0.25, 0.3) is 0 Å². The average molecular weight is 290 g/mol. The molecule has 21 heavy (non-hydrogen) atoms. The van der Waals surface area contributed by atoms with E-state index in [1.54, 1.807) is 17.9 Å². The van der Waals surface area contributed by atoms with Crippen molar-refractivity contribution in [3.8, 4) is 0 Å². The second-order valence-corrected chi connectivity index (χ2v) is 6.26. The van der Waals surface area contributed by atoms with Crippen molar-refractivity contribution >= 4 is 17.6 Å².